The van der Waals surface area contributed by atoms with Crippen molar-refractivity contribution in [2.24, 2.45) is 0 Å². The number of anilines is 1. The van der Waals surface area contributed by atoms with Crippen LogP contribution in [0.1, 0.15) is 15.9 Å². The average molecular weight is 231 g/mol. The van der Waals surface area contributed by atoms with Gasteiger partial charge >= 0.3 is 0 Å². The van der Waals surface area contributed by atoms with Crippen LogP contribution in [0.25, 0.3) is 0 Å². The minimum Gasteiger partial charge on any atom is -0.495 e. The van der Waals surface area contributed by atoms with Gasteiger partial charge in [-0.25, -0.2) is 0 Å². The third-order valence-electron chi connectivity index (χ3n) is 2.37. The first-order valence-corrected chi connectivity index (χ1v) is 5.15. The van der Waals surface area contributed by atoms with E-state index in [1.807, 2.05) is 25.1 Å². The van der Waals surface area contributed by atoms with Crippen LogP contribution in [0, 0.1) is 6.92 Å². The maximum atomic E-state index is 11.8. The lowest BCUT2D eigenvalue weighted by atomic mass is 10.2. The van der Waals surface area contributed by atoms with Crippen molar-refractivity contribution >= 4 is 11.6 Å². The van der Waals surface area contributed by atoms with Crippen LogP contribution in [0.2, 0.25) is 0 Å². The average Bonchev–Trinajstić information content (AvgIpc) is 2.85. The molecule has 1 amide bonds. The normalized spacial score (nSPS) is 10.0. The number of nitrogens with zero attached hydrogens (tertiary/aromatic N) is 1. The molecule has 1 aromatic heterocycles. The molecule has 2 rings (SSSR count). The second kappa shape index (κ2) is 4.69. The monoisotopic (exact) mass is 231 g/mol. The van der Waals surface area contributed by atoms with Gasteiger partial charge in [0.05, 0.1) is 24.6 Å². The van der Waals surface area contributed by atoms with Gasteiger partial charge < -0.3 is 10.1 Å². The van der Waals surface area contributed by atoms with E-state index in [2.05, 4.69) is 15.5 Å². The molecule has 1 heterocycles. The largest absolute Gasteiger partial charge is 0.495 e. The number of H-pyrrole nitrogens is 1. The Balaban J connectivity index is 2.21. The molecule has 5 heteroatoms. The first-order valence-electron chi connectivity index (χ1n) is 5.15. The van der Waals surface area contributed by atoms with Crippen LogP contribution in [0.5, 0.6) is 5.75 Å². The highest BCUT2D eigenvalue weighted by molar-refractivity contribution is 6.04. The number of methoxy groups -OCH3 is 1. The molecular formula is C12H13N3O2. The molecule has 5 nitrogen and oxygen atoms in total. The number of ether oxygens (including phenoxy) is 1. The molecule has 17 heavy (non-hydrogen) atoms. The van der Waals surface area contributed by atoms with Crippen molar-refractivity contribution in [3.8, 4) is 5.75 Å². The van der Waals surface area contributed by atoms with Crippen LogP contribution in [0.4, 0.5) is 5.69 Å². The van der Waals surface area contributed by atoms with E-state index in [0.29, 0.717) is 17.0 Å². The SMILES string of the molecule is COc1cc(C)ccc1NC(=O)c1cn[nH]c1. The number of aromatic nitrogens is 2. The summed E-state index contributed by atoms with van der Waals surface area (Å²) in [6.45, 7) is 1.96. The molecule has 0 spiro atoms. The van der Waals surface area contributed by atoms with Crippen molar-refractivity contribution in [3.63, 3.8) is 0 Å². The molecule has 0 fully saturated rings. The van der Waals surface area contributed by atoms with Crippen molar-refractivity contribution < 1.29 is 9.53 Å². The second-order valence-electron chi connectivity index (χ2n) is 3.64. The summed E-state index contributed by atoms with van der Waals surface area (Å²) in [5.74, 6) is 0.419. The fraction of sp³-hybridized carbons (Fsp3) is 0.167. The minimum absolute atomic E-state index is 0.221. The molecule has 2 N–H and O–H groups in total. The first-order chi connectivity index (χ1) is 8.20. The lowest BCUT2D eigenvalue weighted by Gasteiger charge is -2.10. The van der Waals surface area contributed by atoms with Crippen LogP contribution in [-0.4, -0.2) is 23.2 Å². The molecular weight excluding hydrogens is 218 g/mol. The number of carbonyl (C=O) groups is 1. The summed E-state index contributed by atoms with van der Waals surface area (Å²) in [5, 5.41) is 9.08. The molecule has 1 aromatic carbocycles. The summed E-state index contributed by atoms with van der Waals surface area (Å²) in [5.41, 5.74) is 2.19. The van der Waals surface area contributed by atoms with Crippen molar-refractivity contribution in [3.05, 3.63) is 41.7 Å². The lowest BCUT2D eigenvalue weighted by molar-refractivity contribution is 0.102. The summed E-state index contributed by atoms with van der Waals surface area (Å²) in [6, 6.07) is 5.59. The molecule has 0 unspecified atom stereocenters. The summed E-state index contributed by atoms with van der Waals surface area (Å²) < 4.78 is 5.21. The molecule has 0 saturated heterocycles. The summed E-state index contributed by atoms with van der Waals surface area (Å²) >= 11 is 0. The Morgan fingerprint density at radius 2 is 2.29 bits per heavy atom. The topological polar surface area (TPSA) is 67.0 Å². The van der Waals surface area contributed by atoms with E-state index in [-0.39, 0.29) is 5.91 Å². The van der Waals surface area contributed by atoms with Gasteiger partial charge in [0.1, 0.15) is 5.75 Å². The van der Waals surface area contributed by atoms with Crippen LogP contribution >= 0.6 is 0 Å². The smallest absolute Gasteiger partial charge is 0.258 e. The fourth-order valence-electron chi connectivity index (χ4n) is 1.47. The molecule has 0 bridgehead atoms. The van der Waals surface area contributed by atoms with Crippen molar-refractivity contribution in [1.29, 1.82) is 0 Å². The minimum atomic E-state index is -0.221. The van der Waals surface area contributed by atoms with Gasteiger partial charge in [0.2, 0.25) is 0 Å². The standard InChI is InChI=1S/C12H13N3O2/c1-8-3-4-10(11(5-8)17-2)15-12(16)9-6-13-14-7-9/h3-7H,1-2H3,(H,13,14)(H,15,16). The molecule has 88 valence electrons. The number of benzene rings is 1. The summed E-state index contributed by atoms with van der Waals surface area (Å²) in [4.78, 5) is 11.8. The zero-order valence-corrected chi connectivity index (χ0v) is 9.65. The number of amides is 1. The van der Waals surface area contributed by atoms with Crippen LogP contribution in [0.15, 0.2) is 30.6 Å². The summed E-state index contributed by atoms with van der Waals surface area (Å²) in [6.07, 6.45) is 3.01. The second-order valence-corrected chi connectivity index (χ2v) is 3.64. The number of rotatable bonds is 3. The van der Waals surface area contributed by atoms with Crippen LogP contribution < -0.4 is 10.1 Å². The van der Waals surface area contributed by atoms with E-state index in [4.69, 9.17) is 4.74 Å². The third-order valence-corrected chi connectivity index (χ3v) is 2.37. The Labute approximate surface area is 98.8 Å². The highest BCUT2D eigenvalue weighted by Crippen LogP contribution is 2.25. The molecule has 0 aliphatic carbocycles. The first kappa shape index (κ1) is 11.2. The number of aromatic amines is 1. The maximum Gasteiger partial charge on any atom is 0.258 e. The van der Waals surface area contributed by atoms with E-state index < -0.39 is 0 Å². The number of nitrogens with one attached hydrogen (secondary N) is 2. The number of hydrogen-bond acceptors (Lipinski definition) is 3. The van der Waals surface area contributed by atoms with Gasteiger partial charge in [-0.1, -0.05) is 6.07 Å². The number of carbonyl (C=O) groups excluding carboxylic acids is 1. The third kappa shape index (κ3) is 2.44. The highest BCUT2D eigenvalue weighted by Gasteiger charge is 2.10. The lowest BCUT2D eigenvalue weighted by Crippen LogP contribution is -2.11. The molecule has 0 radical (unpaired) electrons. The molecule has 0 aliphatic heterocycles. The predicted octanol–water partition coefficient (Wildman–Crippen LogP) is 1.98. The quantitative estimate of drug-likeness (QED) is 0.848. The van der Waals surface area contributed by atoms with Gasteiger partial charge in [0, 0.05) is 6.20 Å². The number of hydrogen-bond donors (Lipinski definition) is 2. The van der Waals surface area contributed by atoms with Crippen molar-refractivity contribution in [2.75, 3.05) is 12.4 Å². The van der Waals surface area contributed by atoms with Crippen LogP contribution in [-0.2, 0) is 0 Å². The predicted molar refractivity (Wildman–Crippen MR) is 64.3 cm³/mol. The Kier molecular flexibility index (Phi) is 3.09. The van der Waals surface area contributed by atoms with Crippen molar-refractivity contribution in [1.82, 2.24) is 10.2 Å². The summed E-state index contributed by atoms with van der Waals surface area (Å²) in [7, 11) is 1.57. The Bertz CT molecular complexity index is 521. The maximum absolute atomic E-state index is 11.8. The van der Waals surface area contributed by atoms with E-state index in [1.54, 1.807) is 7.11 Å². The van der Waals surface area contributed by atoms with Gasteiger partial charge in [-0.3, -0.25) is 9.89 Å². The Morgan fingerprint density at radius 3 is 2.94 bits per heavy atom. The number of aryl methyl sites for hydroxylation is 1. The molecule has 0 saturated carbocycles. The zero-order chi connectivity index (χ0) is 12.3. The molecule has 0 aliphatic rings. The molecule has 2 aromatic rings. The van der Waals surface area contributed by atoms with E-state index >= 15 is 0 Å². The fourth-order valence-corrected chi connectivity index (χ4v) is 1.47. The Morgan fingerprint density at radius 1 is 1.47 bits per heavy atom. The Hall–Kier alpha value is -2.30. The van der Waals surface area contributed by atoms with Gasteiger partial charge in [-0.15, -0.1) is 0 Å². The van der Waals surface area contributed by atoms with Gasteiger partial charge in [0.15, 0.2) is 0 Å². The molecule has 0 atom stereocenters. The highest BCUT2D eigenvalue weighted by atomic mass is 16.5. The van der Waals surface area contributed by atoms with Crippen molar-refractivity contribution in [2.45, 2.75) is 6.92 Å². The van der Waals surface area contributed by atoms with Crippen LogP contribution in [0.3, 0.4) is 0 Å². The van der Waals surface area contributed by atoms with E-state index in [1.165, 1.54) is 12.4 Å². The zero-order valence-electron chi connectivity index (χ0n) is 9.65. The van der Waals surface area contributed by atoms with E-state index in [0.717, 1.165) is 5.56 Å². The van der Waals surface area contributed by atoms with Gasteiger partial charge in [-0.05, 0) is 24.6 Å². The van der Waals surface area contributed by atoms with Gasteiger partial charge in [0.25, 0.3) is 5.91 Å². The van der Waals surface area contributed by atoms with Gasteiger partial charge in [-0.2, -0.15) is 5.10 Å². The van der Waals surface area contributed by atoms with E-state index in [9.17, 15) is 4.79 Å².